The molecular weight excluding hydrogens is 243 g/mol. The van der Waals surface area contributed by atoms with Crippen molar-refractivity contribution in [3.05, 3.63) is 34.2 Å². The van der Waals surface area contributed by atoms with Gasteiger partial charge in [-0.25, -0.2) is 9.97 Å². The first kappa shape index (κ1) is 11.6. The molecule has 0 fully saturated rings. The van der Waals surface area contributed by atoms with E-state index in [-0.39, 0.29) is 5.28 Å². The van der Waals surface area contributed by atoms with Crippen LogP contribution in [-0.2, 0) is 6.42 Å². The van der Waals surface area contributed by atoms with Gasteiger partial charge >= 0.3 is 0 Å². The van der Waals surface area contributed by atoms with Gasteiger partial charge in [-0.05, 0) is 41.6 Å². The molecule has 0 aliphatic carbocycles. The van der Waals surface area contributed by atoms with Gasteiger partial charge in [-0.15, -0.1) is 0 Å². The summed E-state index contributed by atoms with van der Waals surface area (Å²) in [6.07, 6.45) is 1.02. The molecule has 0 atom stereocenters. The maximum Gasteiger partial charge on any atom is 0.224 e. The van der Waals surface area contributed by atoms with E-state index in [9.17, 15) is 0 Å². The van der Waals surface area contributed by atoms with E-state index in [0.717, 1.165) is 17.3 Å². The van der Waals surface area contributed by atoms with Gasteiger partial charge in [0.2, 0.25) is 5.28 Å². The first-order chi connectivity index (χ1) is 7.56. The Labute approximate surface area is 105 Å². The average molecular weight is 255 g/mol. The van der Waals surface area contributed by atoms with E-state index < -0.39 is 0 Å². The van der Waals surface area contributed by atoms with E-state index in [1.807, 2.05) is 12.1 Å². The quantitative estimate of drug-likeness (QED) is 0.595. The van der Waals surface area contributed by atoms with Crippen LogP contribution in [0.4, 0.5) is 0 Å². The first-order valence-corrected chi connectivity index (χ1v) is 5.93. The molecule has 2 rings (SSSR count). The van der Waals surface area contributed by atoms with Crippen LogP contribution >= 0.6 is 23.2 Å². The minimum absolute atomic E-state index is 0.189. The van der Waals surface area contributed by atoms with Crippen LogP contribution in [-0.4, -0.2) is 9.97 Å². The summed E-state index contributed by atoms with van der Waals surface area (Å²) >= 11 is 11.8. The highest BCUT2D eigenvalue weighted by atomic mass is 35.5. The Bertz CT molecular complexity index is 524. The summed E-state index contributed by atoms with van der Waals surface area (Å²) in [5.74, 6) is 0.615. The second kappa shape index (κ2) is 4.56. The van der Waals surface area contributed by atoms with E-state index in [1.165, 1.54) is 5.56 Å². The Hall–Kier alpha value is -0.860. The van der Waals surface area contributed by atoms with Gasteiger partial charge in [0.1, 0.15) is 5.15 Å². The molecule has 2 aromatic rings. The Morgan fingerprint density at radius 3 is 2.62 bits per heavy atom. The topological polar surface area (TPSA) is 25.8 Å². The van der Waals surface area contributed by atoms with Crippen molar-refractivity contribution in [1.29, 1.82) is 0 Å². The van der Waals surface area contributed by atoms with Crippen LogP contribution < -0.4 is 0 Å². The lowest BCUT2D eigenvalue weighted by Gasteiger charge is -2.06. The summed E-state index contributed by atoms with van der Waals surface area (Å²) in [7, 11) is 0. The van der Waals surface area contributed by atoms with Gasteiger partial charge in [0.25, 0.3) is 0 Å². The van der Waals surface area contributed by atoms with Crippen molar-refractivity contribution in [1.82, 2.24) is 9.97 Å². The summed E-state index contributed by atoms with van der Waals surface area (Å²) < 4.78 is 0. The minimum Gasteiger partial charge on any atom is -0.218 e. The lowest BCUT2D eigenvalue weighted by molar-refractivity contribution is 0.648. The van der Waals surface area contributed by atoms with E-state index in [0.29, 0.717) is 11.1 Å². The van der Waals surface area contributed by atoms with E-state index in [1.54, 1.807) is 0 Å². The van der Waals surface area contributed by atoms with Crippen LogP contribution in [0.1, 0.15) is 19.4 Å². The van der Waals surface area contributed by atoms with Crippen molar-refractivity contribution in [2.45, 2.75) is 20.3 Å². The zero-order valence-electron chi connectivity index (χ0n) is 9.17. The molecule has 84 valence electrons. The molecule has 4 heteroatoms. The second-order valence-corrected chi connectivity index (χ2v) is 4.93. The fourth-order valence-corrected chi connectivity index (χ4v) is 2.16. The molecule has 1 aromatic carbocycles. The van der Waals surface area contributed by atoms with Crippen LogP contribution in [0.5, 0.6) is 0 Å². The van der Waals surface area contributed by atoms with Crippen molar-refractivity contribution in [2.24, 2.45) is 5.92 Å². The molecule has 1 aromatic heterocycles. The predicted molar refractivity (Wildman–Crippen MR) is 68.1 cm³/mol. The molecule has 0 bridgehead atoms. The van der Waals surface area contributed by atoms with Gasteiger partial charge in [0, 0.05) is 5.39 Å². The van der Waals surface area contributed by atoms with Gasteiger partial charge in [-0.2, -0.15) is 0 Å². The first-order valence-electron chi connectivity index (χ1n) is 5.18. The Morgan fingerprint density at radius 2 is 1.94 bits per heavy atom. The third-order valence-corrected chi connectivity index (χ3v) is 2.79. The molecule has 2 nitrogen and oxygen atoms in total. The number of benzene rings is 1. The number of halogens is 2. The van der Waals surface area contributed by atoms with Crippen molar-refractivity contribution in [3.63, 3.8) is 0 Å². The van der Waals surface area contributed by atoms with Gasteiger partial charge in [0.15, 0.2) is 0 Å². The smallest absolute Gasteiger partial charge is 0.218 e. The molecule has 1 heterocycles. The SMILES string of the molecule is CC(C)Cc1ccc2nc(Cl)nc(Cl)c2c1. The van der Waals surface area contributed by atoms with Crippen molar-refractivity contribution in [3.8, 4) is 0 Å². The number of aromatic nitrogens is 2. The molecule has 0 N–H and O–H groups in total. The summed E-state index contributed by atoms with van der Waals surface area (Å²) in [6.45, 7) is 4.37. The van der Waals surface area contributed by atoms with E-state index >= 15 is 0 Å². The highest BCUT2D eigenvalue weighted by Gasteiger charge is 2.06. The summed E-state index contributed by atoms with van der Waals surface area (Å²) in [5, 5.41) is 1.47. The molecule has 0 amide bonds. The average Bonchev–Trinajstić information content (AvgIpc) is 2.18. The van der Waals surface area contributed by atoms with Crippen molar-refractivity contribution >= 4 is 34.1 Å². The fraction of sp³-hybridized carbons (Fsp3) is 0.333. The maximum absolute atomic E-state index is 6.04. The van der Waals surface area contributed by atoms with Gasteiger partial charge in [0.05, 0.1) is 5.52 Å². The Balaban J connectivity index is 2.53. The van der Waals surface area contributed by atoms with Crippen LogP contribution in [0, 0.1) is 5.92 Å². The largest absolute Gasteiger partial charge is 0.224 e. The van der Waals surface area contributed by atoms with Crippen LogP contribution in [0.15, 0.2) is 18.2 Å². The van der Waals surface area contributed by atoms with Crippen molar-refractivity contribution in [2.75, 3.05) is 0 Å². The van der Waals surface area contributed by atoms with Gasteiger partial charge < -0.3 is 0 Å². The molecule has 0 aliphatic rings. The normalized spacial score (nSPS) is 11.3. The minimum atomic E-state index is 0.189. The van der Waals surface area contributed by atoms with E-state index in [4.69, 9.17) is 23.2 Å². The number of rotatable bonds is 2. The predicted octanol–water partition coefficient (Wildman–Crippen LogP) is 4.14. The number of hydrogen-bond donors (Lipinski definition) is 0. The lowest BCUT2D eigenvalue weighted by Crippen LogP contribution is -1.95. The zero-order valence-corrected chi connectivity index (χ0v) is 10.7. The molecule has 0 spiro atoms. The standard InChI is InChI=1S/C12H12Cl2N2/c1-7(2)5-8-3-4-10-9(6-8)11(13)16-12(14)15-10/h3-4,6-7H,5H2,1-2H3. The highest BCUT2D eigenvalue weighted by Crippen LogP contribution is 2.24. The zero-order chi connectivity index (χ0) is 11.7. The van der Waals surface area contributed by atoms with Crippen molar-refractivity contribution < 1.29 is 0 Å². The molecule has 0 saturated carbocycles. The lowest BCUT2D eigenvalue weighted by atomic mass is 10.0. The molecule has 0 unspecified atom stereocenters. The third kappa shape index (κ3) is 2.45. The molecule has 0 saturated heterocycles. The Morgan fingerprint density at radius 1 is 1.19 bits per heavy atom. The molecule has 0 aliphatic heterocycles. The highest BCUT2D eigenvalue weighted by molar-refractivity contribution is 6.35. The molecule has 0 radical (unpaired) electrons. The monoisotopic (exact) mass is 254 g/mol. The fourth-order valence-electron chi connectivity index (χ4n) is 1.71. The maximum atomic E-state index is 6.04. The number of hydrogen-bond acceptors (Lipinski definition) is 2. The number of nitrogens with zero attached hydrogens (tertiary/aromatic N) is 2. The molecular formula is C12H12Cl2N2. The summed E-state index contributed by atoms with van der Waals surface area (Å²) in [6, 6.07) is 6.03. The van der Waals surface area contributed by atoms with E-state index in [2.05, 4.69) is 29.9 Å². The summed E-state index contributed by atoms with van der Waals surface area (Å²) in [5.41, 5.74) is 2.04. The van der Waals surface area contributed by atoms with Crippen LogP contribution in [0.2, 0.25) is 10.4 Å². The third-order valence-electron chi connectivity index (χ3n) is 2.33. The summed E-state index contributed by atoms with van der Waals surface area (Å²) in [4.78, 5) is 8.07. The second-order valence-electron chi connectivity index (χ2n) is 4.23. The number of fused-ring (bicyclic) bond motifs is 1. The van der Waals surface area contributed by atoms with Gasteiger partial charge in [-0.3, -0.25) is 0 Å². The van der Waals surface area contributed by atoms with Crippen LogP contribution in [0.25, 0.3) is 10.9 Å². The molecule has 16 heavy (non-hydrogen) atoms. The van der Waals surface area contributed by atoms with Crippen LogP contribution in [0.3, 0.4) is 0 Å². The Kier molecular flexibility index (Phi) is 3.31. The van der Waals surface area contributed by atoms with Gasteiger partial charge in [-0.1, -0.05) is 31.5 Å².